The highest BCUT2D eigenvalue weighted by atomic mass is 35.5. The van der Waals surface area contributed by atoms with E-state index in [0.717, 1.165) is 17.3 Å². The molecule has 1 amide bonds. The van der Waals surface area contributed by atoms with Gasteiger partial charge in [0.15, 0.2) is 5.78 Å². The lowest BCUT2D eigenvalue weighted by Crippen LogP contribution is -2.27. The Kier molecular flexibility index (Phi) is 5.71. The standard InChI is InChI=1S/C17H16ClN3O2S/c1-9-15(10(2)22)16(11-3-5-12(18)6-4-11)13(7-19)17(21-9)24-8-14(20)23/h3-6,16,21H,8H2,1-2H3,(H2,20,23). The Labute approximate surface area is 149 Å². The largest absolute Gasteiger partial charge is 0.369 e. The lowest BCUT2D eigenvalue weighted by molar-refractivity contribution is -0.115. The SMILES string of the molecule is CC(=O)C1=C(C)NC(SCC(N)=O)=C(C#N)C1c1ccc(Cl)cc1. The van der Waals surface area contributed by atoms with Gasteiger partial charge in [0.25, 0.3) is 0 Å². The van der Waals surface area contributed by atoms with Gasteiger partial charge < -0.3 is 11.1 Å². The molecule has 1 aromatic carbocycles. The predicted octanol–water partition coefficient (Wildman–Crippen LogP) is 2.84. The quantitative estimate of drug-likeness (QED) is 0.840. The molecule has 1 unspecified atom stereocenters. The second kappa shape index (κ2) is 7.56. The summed E-state index contributed by atoms with van der Waals surface area (Å²) in [6.07, 6.45) is 0. The molecule has 1 atom stereocenters. The number of nitrogens with one attached hydrogen (secondary N) is 1. The molecule has 7 heteroatoms. The average Bonchev–Trinajstić information content (AvgIpc) is 2.52. The molecular weight excluding hydrogens is 346 g/mol. The molecule has 1 aliphatic heterocycles. The van der Waals surface area contributed by atoms with E-state index in [4.69, 9.17) is 17.3 Å². The molecule has 0 aliphatic carbocycles. The molecule has 0 spiro atoms. The summed E-state index contributed by atoms with van der Waals surface area (Å²) in [4.78, 5) is 23.2. The molecule has 1 heterocycles. The molecule has 2 rings (SSSR count). The van der Waals surface area contributed by atoms with E-state index in [2.05, 4.69) is 11.4 Å². The molecule has 24 heavy (non-hydrogen) atoms. The Balaban J connectivity index is 2.57. The number of nitriles is 1. The molecule has 0 fully saturated rings. The normalized spacial score (nSPS) is 17.3. The fourth-order valence-corrected chi connectivity index (χ4v) is 3.58. The van der Waals surface area contributed by atoms with Crippen LogP contribution < -0.4 is 11.1 Å². The fourth-order valence-electron chi connectivity index (χ4n) is 2.63. The third kappa shape index (κ3) is 3.81. The molecule has 1 aromatic rings. The van der Waals surface area contributed by atoms with Crippen molar-refractivity contribution in [1.29, 1.82) is 5.26 Å². The number of allylic oxidation sites excluding steroid dienone is 3. The summed E-state index contributed by atoms with van der Waals surface area (Å²) in [5.74, 6) is -1.05. The molecule has 3 N–H and O–H groups in total. The van der Waals surface area contributed by atoms with Crippen LogP contribution in [-0.2, 0) is 9.59 Å². The van der Waals surface area contributed by atoms with E-state index >= 15 is 0 Å². The number of hydrogen-bond donors (Lipinski definition) is 2. The number of primary amides is 1. The highest BCUT2D eigenvalue weighted by Gasteiger charge is 2.33. The van der Waals surface area contributed by atoms with Gasteiger partial charge in [-0.3, -0.25) is 9.59 Å². The molecule has 0 radical (unpaired) electrons. The number of carbonyl (C=O) groups excluding carboxylic acids is 2. The van der Waals surface area contributed by atoms with Crippen LogP contribution in [0.5, 0.6) is 0 Å². The van der Waals surface area contributed by atoms with E-state index in [-0.39, 0.29) is 11.5 Å². The average molecular weight is 362 g/mol. The maximum Gasteiger partial charge on any atom is 0.227 e. The zero-order chi connectivity index (χ0) is 17.9. The van der Waals surface area contributed by atoms with Crippen molar-refractivity contribution < 1.29 is 9.59 Å². The van der Waals surface area contributed by atoms with Crippen molar-refractivity contribution in [3.63, 3.8) is 0 Å². The monoisotopic (exact) mass is 361 g/mol. The zero-order valence-electron chi connectivity index (χ0n) is 13.2. The maximum absolute atomic E-state index is 12.2. The van der Waals surface area contributed by atoms with E-state index in [0.29, 0.717) is 26.9 Å². The van der Waals surface area contributed by atoms with Crippen LogP contribution >= 0.6 is 23.4 Å². The Morgan fingerprint density at radius 3 is 2.50 bits per heavy atom. The highest BCUT2D eigenvalue weighted by Crippen LogP contribution is 2.40. The van der Waals surface area contributed by atoms with Crippen LogP contribution in [0.25, 0.3) is 0 Å². The number of carbonyl (C=O) groups is 2. The first-order valence-electron chi connectivity index (χ1n) is 7.14. The Morgan fingerprint density at radius 2 is 2.00 bits per heavy atom. The summed E-state index contributed by atoms with van der Waals surface area (Å²) in [7, 11) is 0. The minimum Gasteiger partial charge on any atom is -0.369 e. The Bertz CT molecular complexity index is 791. The van der Waals surface area contributed by atoms with Crippen molar-refractivity contribution in [2.45, 2.75) is 19.8 Å². The van der Waals surface area contributed by atoms with Gasteiger partial charge in [0.1, 0.15) is 0 Å². The maximum atomic E-state index is 12.2. The molecular formula is C17H16ClN3O2S. The van der Waals surface area contributed by atoms with Crippen LogP contribution in [0.2, 0.25) is 5.02 Å². The molecule has 0 saturated heterocycles. The van der Waals surface area contributed by atoms with Crippen molar-refractivity contribution >= 4 is 35.1 Å². The van der Waals surface area contributed by atoms with E-state index in [1.54, 1.807) is 31.2 Å². The van der Waals surface area contributed by atoms with Crippen molar-refractivity contribution in [2.75, 3.05) is 5.75 Å². The zero-order valence-corrected chi connectivity index (χ0v) is 14.8. The van der Waals surface area contributed by atoms with Crippen LogP contribution in [-0.4, -0.2) is 17.4 Å². The van der Waals surface area contributed by atoms with Crippen molar-refractivity contribution in [3.05, 3.63) is 56.7 Å². The summed E-state index contributed by atoms with van der Waals surface area (Å²) in [6.45, 7) is 3.25. The third-order valence-electron chi connectivity index (χ3n) is 3.59. The fraction of sp³-hybridized carbons (Fsp3) is 0.235. The lowest BCUT2D eigenvalue weighted by atomic mass is 9.81. The van der Waals surface area contributed by atoms with Crippen LogP contribution in [0.15, 0.2) is 46.1 Å². The smallest absolute Gasteiger partial charge is 0.227 e. The van der Waals surface area contributed by atoms with Crippen LogP contribution in [0.1, 0.15) is 25.3 Å². The first-order valence-corrected chi connectivity index (χ1v) is 8.51. The number of hydrogen-bond acceptors (Lipinski definition) is 5. The molecule has 0 bridgehead atoms. The van der Waals surface area contributed by atoms with Crippen molar-refractivity contribution in [3.8, 4) is 6.07 Å². The molecule has 5 nitrogen and oxygen atoms in total. The Morgan fingerprint density at radius 1 is 1.38 bits per heavy atom. The second-order valence-corrected chi connectivity index (χ2v) is 6.74. The number of thioether (sulfide) groups is 1. The van der Waals surface area contributed by atoms with Gasteiger partial charge in [0.2, 0.25) is 5.91 Å². The third-order valence-corrected chi connectivity index (χ3v) is 4.88. The molecule has 124 valence electrons. The molecule has 1 aliphatic rings. The summed E-state index contributed by atoms with van der Waals surface area (Å²) in [6, 6.07) is 9.20. The van der Waals surface area contributed by atoms with Crippen LogP contribution in [0.3, 0.4) is 0 Å². The van der Waals surface area contributed by atoms with Gasteiger partial charge >= 0.3 is 0 Å². The number of benzene rings is 1. The van der Waals surface area contributed by atoms with Gasteiger partial charge in [-0.05, 0) is 31.5 Å². The van der Waals surface area contributed by atoms with Gasteiger partial charge in [-0.2, -0.15) is 5.26 Å². The van der Waals surface area contributed by atoms with Crippen LogP contribution in [0, 0.1) is 11.3 Å². The summed E-state index contributed by atoms with van der Waals surface area (Å²) >= 11 is 7.10. The number of nitrogens with zero attached hydrogens (tertiary/aromatic N) is 1. The number of ketones is 1. The van der Waals surface area contributed by atoms with Crippen molar-refractivity contribution in [2.24, 2.45) is 5.73 Å². The highest BCUT2D eigenvalue weighted by molar-refractivity contribution is 8.03. The van der Waals surface area contributed by atoms with Gasteiger partial charge in [-0.25, -0.2) is 0 Å². The number of rotatable bonds is 5. The minimum absolute atomic E-state index is 0.0452. The minimum atomic E-state index is -0.499. The van der Waals surface area contributed by atoms with E-state index in [9.17, 15) is 14.9 Å². The van der Waals surface area contributed by atoms with Gasteiger partial charge in [0, 0.05) is 16.3 Å². The number of amides is 1. The van der Waals surface area contributed by atoms with E-state index in [1.165, 1.54) is 6.92 Å². The van der Waals surface area contributed by atoms with Crippen LogP contribution in [0.4, 0.5) is 0 Å². The molecule has 0 aromatic heterocycles. The number of nitrogens with two attached hydrogens (primary N) is 1. The van der Waals surface area contributed by atoms with Gasteiger partial charge in [-0.1, -0.05) is 35.5 Å². The number of halogens is 1. The van der Waals surface area contributed by atoms with E-state index < -0.39 is 11.8 Å². The van der Waals surface area contributed by atoms with Crippen molar-refractivity contribution in [1.82, 2.24) is 5.32 Å². The summed E-state index contributed by atoms with van der Waals surface area (Å²) in [5.41, 5.74) is 7.56. The van der Waals surface area contributed by atoms with Gasteiger partial charge in [0.05, 0.1) is 28.3 Å². The number of dihydropyridines is 1. The molecule has 0 saturated carbocycles. The topological polar surface area (TPSA) is 96.0 Å². The first-order chi connectivity index (χ1) is 11.3. The first kappa shape index (κ1) is 18.1. The van der Waals surface area contributed by atoms with Gasteiger partial charge in [-0.15, -0.1) is 0 Å². The van der Waals surface area contributed by atoms with E-state index in [1.807, 2.05) is 0 Å². The lowest BCUT2D eigenvalue weighted by Gasteiger charge is -2.29. The predicted molar refractivity (Wildman–Crippen MR) is 95.0 cm³/mol. The Hall–Kier alpha value is -2.23. The summed E-state index contributed by atoms with van der Waals surface area (Å²) in [5, 5.41) is 13.8. The number of Topliss-reactive ketones (excluding diaryl/α,β-unsaturated/α-hetero) is 1. The summed E-state index contributed by atoms with van der Waals surface area (Å²) < 4.78 is 0. The second-order valence-electron chi connectivity index (χ2n) is 5.31.